The van der Waals surface area contributed by atoms with Gasteiger partial charge in [0, 0.05) is 19.8 Å². The Kier molecular flexibility index (Phi) is 5.18. The predicted molar refractivity (Wildman–Crippen MR) is 81.2 cm³/mol. The van der Waals surface area contributed by atoms with Crippen molar-refractivity contribution in [3.63, 3.8) is 0 Å². The zero-order valence-corrected chi connectivity index (χ0v) is 12.5. The topological polar surface area (TPSA) is 94.3 Å². The molecular formula is C14H17N5O3. The Morgan fingerprint density at radius 2 is 2.23 bits per heavy atom. The zero-order valence-electron chi connectivity index (χ0n) is 12.5. The summed E-state index contributed by atoms with van der Waals surface area (Å²) >= 11 is 0. The summed E-state index contributed by atoms with van der Waals surface area (Å²) in [6.07, 6.45) is 6.21. The third kappa shape index (κ3) is 3.66. The molecule has 0 aromatic carbocycles. The summed E-state index contributed by atoms with van der Waals surface area (Å²) in [6, 6.07) is 3.33. The van der Waals surface area contributed by atoms with Crippen molar-refractivity contribution in [3.8, 4) is 11.6 Å². The lowest BCUT2D eigenvalue weighted by Crippen LogP contribution is -2.21. The van der Waals surface area contributed by atoms with Gasteiger partial charge in [-0.05, 0) is 18.6 Å². The largest absolute Gasteiger partial charge is 0.432 e. The number of rotatable bonds is 7. The van der Waals surface area contributed by atoms with Crippen LogP contribution in [0.3, 0.4) is 0 Å². The highest BCUT2D eigenvalue weighted by atomic mass is 16.6. The van der Waals surface area contributed by atoms with E-state index >= 15 is 0 Å². The van der Waals surface area contributed by atoms with E-state index in [-0.39, 0.29) is 17.4 Å². The van der Waals surface area contributed by atoms with Crippen LogP contribution >= 0.6 is 0 Å². The average molecular weight is 303 g/mol. The van der Waals surface area contributed by atoms with E-state index in [1.165, 1.54) is 12.5 Å². The molecule has 2 rings (SSSR count). The quantitative estimate of drug-likeness (QED) is 0.573. The number of pyridine rings is 1. The molecule has 22 heavy (non-hydrogen) atoms. The molecule has 8 heteroatoms. The SMILES string of the molecule is CCCCN(C)c1ncnc(Oc2cccnc2)c1[N+](=O)[O-]. The first-order valence-electron chi connectivity index (χ1n) is 6.92. The zero-order chi connectivity index (χ0) is 15.9. The minimum absolute atomic E-state index is 0.0913. The molecule has 2 aromatic heterocycles. The Morgan fingerprint density at radius 1 is 1.41 bits per heavy atom. The van der Waals surface area contributed by atoms with Crippen molar-refractivity contribution in [2.24, 2.45) is 0 Å². The number of hydrogen-bond donors (Lipinski definition) is 0. The number of hydrogen-bond acceptors (Lipinski definition) is 7. The van der Waals surface area contributed by atoms with E-state index in [0.717, 1.165) is 12.8 Å². The summed E-state index contributed by atoms with van der Waals surface area (Å²) in [5.41, 5.74) is -0.245. The molecular weight excluding hydrogens is 286 g/mol. The molecule has 0 aliphatic carbocycles. The second-order valence-electron chi connectivity index (χ2n) is 4.67. The minimum Gasteiger partial charge on any atom is -0.432 e. The van der Waals surface area contributed by atoms with Crippen molar-refractivity contribution in [3.05, 3.63) is 41.0 Å². The third-order valence-corrected chi connectivity index (χ3v) is 3.01. The van der Waals surface area contributed by atoms with Crippen LogP contribution in [0.2, 0.25) is 0 Å². The second kappa shape index (κ2) is 7.30. The van der Waals surface area contributed by atoms with Crippen molar-refractivity contribution < 1.29 is 9.66 Å². The fourth-order valence-corrected chi connectivity index (χ4v) is 1.89. The Labute approximate surface area is 127 Å². The number of ether oxygens (including phenoxy) is 1. The summed E-state index contributed by atoms with van der Waals surface area (Å²) in [5, 5.41) is 11.4. The molecule has 0 spiro atoms. The molecule has 0 amide bonds. The summed E-state index contributed by atoms with van der Waals surface area (Å²) in [7, 11) is 1.76. The van der Waals surface area contributed by atoms with Crippen LogP contribution in [0.1, 0.15) is 19.8 Å². The lowest BCUT2D eigenvalue weighted by molar-refractivity contribution is -0.385. The van der Waals surface area contributed by atoms with Crippen LogP contribution in [0.25, 0.3) is 0 Å². The minimum atomic E-state index is -0.524. The van der Waals surface area contributed by atoms with E-state index < -0.39 is 4.92 Å². The molecule has 0 saturated heterocycles. The number of anilines is 1. The van der Waals surface area contributed by atoms with E-state index in [4.69, 9.17) is 4.74 Å². The molecule has 0 aliphatic rings. The monoisotopic (exact) mass is 303 g/mol. The van der Waals surface area contributed by atoms with Crippen LogP contribution in [0.4, 0.5) is 11.5 Å². The standard InChI is InChI=1S/C14H17N5O3/c1-3-4-8-18(2)13-12(19(20)21)14(17-10-16-13)22-11-6-5-7-15-9-11/h5-7,9-10H,3-4,8H2,1-2H3. The summed E-state index contributed by atoms with van der Waals surface area (Å²) in [6.45, 7) is 2.72. The summed E-state index contributed by atoms with van der Waals surface area (Å²) in [4.78, 5) is 24.5. The Balaban J connectivity index is 2.36. The molecule has 8 nitrogen and oxygen atoms in total. The molecule has 0 atom stereocenters. The van der Waals surface area contributed by atoms with Crippen molar-refractivity contribution >= 4 is 11.5 Å². The maximum atomic E-state index is 11.4. The van der Waals surface area contributed by atoms with Crippen LogP contribution in [0.5, 0.6) is 11.6 Å². The van der Waals surface area contributed by atoms with Gasteiger partial charge in [0.05, 0.1) is 11.1 Å². The maximum absolute atomic E-state index is 11.4. The molecule has 0 bridgehead atoms. The Hall–Kier alpha value is -2.77. The van der Waals surface area contributed by atoms with Crippen molar-refractivity contribution in [1.82, 2.24) is 15.0 Å². The molecule has 0 aliphatic heterocycles. The van der Waals surface area contributed by atoms with Crippen LogP contribution in [0.15, 0.2) is 30.9 Å². The number of unbranched alkanes of at least 4 members (excludes halogenated alkanes) is 1. The highest BCUT2D eigenvalue weighted by Crippen LogP contribution is 2.35. The molecule has 2 aromatic rings. The predicted octanol–water partition coefficient (Wildman–Crippen LogP) is 2.81. The number of nitrogens with zero attached hydrogens (tertiary/aromatic N) is 5. The van der Waals surface area contributed by atoms with Crippen LogP contribution < -0.4 is 9.64 Å². The van der Waals surface area contributed by atoms with E-state index in [9.17, 15) is 10.1 Å². The second-order valence-corrected chi connectivity index (χ2v) is 4.67. The molecule has 2 heterocycles. The highest BCUT2D eigenvalue weighted by molar-refractivity contribution is 5.62. The van der Waals surface area contributed by atoms with Crippen molar-refractivity contribution in [2.45, 2.75) is 19.8 Å². The first-order valence-corrected chi connectivity index (χ1v) is 6.92. The van der Waals surface area contributed by atoms with E-state index in [0.29, 0.717) is 12.3 Å². The van der Waals surface area contributed by atoms with Gasteiger partial charge in [-0.1, -0.05) is 13.3 Å². The van der Waals surface area contributed by atoms with Gasteiger partial charge in [0.2, 0.25) is 5.82 Å². The van der Waals surface area contributed by atoms with Gasteiger partial charge >= 0.3 is 11.6 Å². The highest BCUT2D eigenvalue weighted by Gasteiger charge is 2.27. The van der Waals surface area contributed by atoms with Crippen LogP contribution in [-0.2, 0) is 0 Å². The molecule has 116 valence electrons. The van der Waals surface area contributed by atoms with Crippen molar-refractivity contribution in [1.29, 1.82) is 0 Å². The maximum Gasteiger partial charge on any atom is 0.373 e. The van der Waals surface area contributed by atoms with Gasteiger partial charge in [0.1, 0.15) is 12.1 Å². The van der Waals surface area contributed by atoms with E-state index in [1.807, 2.05) is 0 Å². The molecule has 0 unspecified atom stereocenters. The van der Waals surface area contributed by atoms with Gasteiger partial charge in [0.15, 0.2) is 0 Å². The lowest BCUT2D eigenvalue weighted by atomic mass is 10.3. The van der Waals surface area contributed by atoms with Gasteiger partial charge in [0.25, 0.3) is 0 Å². The van der Waals surface area contributed by atoms with E-state index in [1.54, 1.807) is 30.3 Å². The molecule has 0 N–H and O–H groups in total. The van der Waals surface area contributed by atoms with Gasteiger partial charge in [-0.3, -0.25) is 15.1 Å². The third-order valence-electron chi connectivity index (χ3n) is 3.01. The Bertz CT molecular complexity index is 636. The van der Waals surface area contributed by atoms with Crippen LogP contribution in [0, 0.1) is 10.1 Å². The van der Waals surface area contributed by atoms with Crippen molar-refractivity contribution in [2.75, 3.05) is 18.5 Å². The molecule has 0 fully saturated rings. The number of nitro groups is 1. The van der Waals surface area contributed by atoms with Gasteiger partial charge in [-0.25, -0.2) is 4.98 Å². The van der Waals surface area contributed by atoms with Gasteiger partial charge in [-0.2, -0.15) is 4.98 Å². The Morgan fingerprint density at radius 3 is 2.86 bits per heavy atom. The van der Waals surface area contributed by atoms with Gasteiger partial charge in [-0.15, -0.1) is 0 Å². The average Bonchev–Trinajstić information content (AvgIpc) is 2.53. The van der Waals surface area contributed by atoms with E-state index in [2.05, 4.69) is 21.9 Å². The first-order chi connectivity index (χ1) is 10.6. The smallest absolute Gasteiger partial charge is 0.373 e. The summed E-state index contributed by atoms with van der Waals surface area (Å²) < 4.78 is 5.48. The number of aromatic nitrogens is 3. The summed E-state index contributed by atoms with van der Waals surface area (Å²) in [5.74, 6) is 0.533. The fraction of sp³-hybridized carbons (Fsp3) is 0.357. The normalized spacial score (nSPS) is 10.3. The first kappa shape index (κ1) is 15.6. The van der Waals surface area contributed by atoms with Gasteiger partial charge < -0.3 is 9.64 Å². The lowest BCUT2D eigenvalue weighted by Gasteiger charge is -2.17. The fourth-order valence-electron chi connectivity index (χ4n) is 1.89. The van der Waals surface area contributed by atoms with Crippen LogP contribution in [-0.4, -0.2) is 33.5 Å². The molecule has 0 radical (unpaired) electrons. The molecule has 0 saturated carbocycles.